The molecule has 1 amide bonds. The first-order valence-corrected chi connectivity index (χ1v) is 5.94. The molecule has 1 saturated heterocycles. The summed E-state index contributed by atoms with van der Waals surface area (Å²) in [6, 6.07) is 0.555. The lowest BCUT2D eigenvalue weighted by Crippen LogP contribution is -2.39. The van der Waals surface area contributed by atoms with Crippen LogP contribution in [0.15, 0.2) is 0 Å². The van der Waals surface area contributed by atoms with E-state index in [-0.39, 0.29) is 5.91 Å². The van der Waals surface area contributed by atoms with E-state index < -0.39 is 0 Å². The first-order valence-electron chi connectivity index (χ1n) is 4.79. The molecule has 3 nitrogen and oxygen atoms in total. The molecule has 0 aromatic carbocycles. The fraction of sp³-hybridized carbons (Fsp3) is 0.889. The number of carbonyl (C=O) groups is 1. The topological polar surface area (TPSA) is 32.3 Å². The van der Waals surface area contributed by atoms with Gasteiger partial charge in [0.25, 0.3) is 0 Å². The van der Waals surface area contributed by atoms with Gasteiger partial charge in [0.2, 0.25) is 5.91 Å². The maximum Gasteiger partial charge on any atom is 0.236 e. The van der Waals surface area contributed by atoms with Gasteiger partial charge in [0.1, 0.15) is 0 Å². The van der Waals surface area contributed by atoms with Crippen molar-refractivity contribution in [1.29, 1.82) is 0 Å². The van der Waals surface area contributed by atoms with Gasteiger partial charge < -0.3 is 10.2 Å². The van der Waals surface area contributed by atoms with Crippen molar-refractivity contribution in [3.8, 4) is 0 Å². The number of carbonyl (C=O) groups excluding carboxylic acids is 1. The number of amides is 1. The van der Waals surface area contributed by atoms with Gasteiger partial charge in [-0.1, -0.05) is 0 Å². The van der Waals surface area contributed by atoms with Crippen LogP contribution in [0.3, 0.4) is 0 Å². The molecule has 76 valence electrons. The second-order valence-electron chi connectivity index (χ2n) is 3.35. The van der Waals surface area contributed by atoms with Gasteiger partial charge >= 0.3 is 0 Å². The molecule has 1 heterocycles. The number of hydrogen-bond acceptors (Lipinski definition) is 3. The Morgan fingerprint density at radius 3 is 3.00 bits per heavy atom. The van der Waals surface area contributed by atoms with E-state index in [4.69, 9.17) is 0 Å². The third kappa shape index (κ3) is 3.56. The van der Waals surface area contributed by atoms with E-state index in [1.54, 1.807) is 4.90 Å². The predicted octanol–water partition coefficient (Wildman–Crippen LogP) is 0.560. The Kier molecular flexibility index (Phi) is 4.59. The quantitative estimate of drug-likeness (QED) is 0.723. The van der Waals surface area contributed by atoms with Crippen molar-refractivity contribution >= 4 is 17.7 Å². The number of thioether (sulfide) groups is 1. The van der Waals surface area contributed by atoms with Crippen LogP contribution < -0.4 is 5.32 Å². The van der Waals surface area contributed by atoms with Crippen LogP contribution >= 0.6 is 11.8 Å². The van der Waals surface area contributed by atoms with Gasteiger partial charge in [-0.25, -0.2) is 0 Å². The molecule has 4 heteroatoms. The third-order valence-corrected chi connectivity index (χ3v) is 3.53. The summed E-state index contributed by atoms with van der Waals surface area (Å²) in [7, 11) is 1.84. The molecular weight excluding hydrogens is 184 g/mol. The summed E-state index contributed by atoms with van der Waals surface area (Å²) in [5.41, 5.74) is 0. The molecule has 0 aliphatic carbocycles. The van der Waals surface area contributed by atoms with Gasteiger partial charge in [-0.2, -0.15) is 11.8 Å². The van der Waals surface area contributed by atoms with E-state index in [0.717, 1.165) is 12.3 Å². The first kappa shape index (κ1) is 10.9. The SMILES string of the molecule is CCN(C)C(=O)CNC1CCSC1. The van der Waals surface area contributed by atoms with Gasteiger partial charge in [-0.3, -0.25) is 4.79 Å². The Bertz CT molecular complexity index is 169. The van der Waals surface area contributed by atoms with E-state index >= 15 is 0 Å². The Balaban J connectivity index is 2.13. The highest BCUT2D eigenvalue weighted by atomic mass is 32.2. The number of nitrogens with zero attached hydrogens (tertiary/aromatic N) is 1. The lowest BCUT2D eigenvalue weighted by molar-refractivity contribution is -0.128. The van der Waals surface area contributed by atoms with Crippen molar-refractivity contribution in [2.45, 2.75) is 19.4 Å². The Morgan fingerprint density at radius 2 is 2.46 bits per heavy atom. The molecule has 1 atom stereocenters. The average molecular weight is 202 g/mol. The zero-order valence-electron chi connectivity index (χ0n) is 8.38. The number of likely N-dealkylation sites (N-methyl/N-ethyl adjacent to an activating group) is 1. The first-order chi connectivity index (χ1) is 6.24. The standard InChI is InChI=1S/C9H18N2OS/c1-3-11(2)9(12)6-10-8-4-5-13-7-8/h8,10H,3-7H2,1-2H3. The van der Waals surface area contributed by atoms with Gasteiger partial charge in [-0.15, -0.1) is 0 Å². The van der Waals surface area contributed by atoms with Crippen molar-refractivity contribution in [3.63, 3.8) is 0 Å². The number of hydrogen-bond donors (Lipinski definition) is 1. The van der Waals surface area contributed by atoms with Crippen molar-refractivity contribution in [1.82, 2.24) is 10.2 Å². The van der Waals surface area contributed by atoms with Crippen molar-refractivity contribution in [3.05, 3.63) is 0 Å². The molecule has 0 spiro atoms. The van der Waals surface area contributed by atoms with E-state index in [1.165, 1.54) is 12.2 Å². The zero-order chi connectivity index (χ0) is 9.68. The summed E-state index contributed by atoms with van der Waals surface area (Å²) in [4.78, 5) is 13.1. The summed E-state index contributed by atoms with van der Waals surface area (Å²) >= 11 is 1.96. The molecular formula is C9H18N2OS. The van der Waals surface area contributed by atoms with Crippen LogP contribution in [-0.2, 0) is 4.79 Å². The molecule has 0 bridgehead atoms. The van der Waals surface area contributed by atoms with E-state index in [1.807, 2.05) is 25.7 Å². The Labute approximate surface area is 84.2 Å². The highest BCUT2D eigenvalue weighted by molar-refractivity contribution is 7.99. The molecule has 1 aliphatic rings. The second kappa shape index (κ2) is 5.50. The van der Waals surface area contributed by atoms with E-state index in [9.17, 15) is 4.79 Å². The number of nitrogens with one attached hydrogen (secondary N) is 1. The monoisotopic (exact) mass is 202 g/mol. The summed E-state index contributed by atoms with van der Waals surface area (Å²) in [6.07, 6.45) is 1.20. The van der Waals surface area contributed by atoms with Crippen LogP contribution in [0.25, 0.3) is 0 Å². The van der Waals surface area contributed by atoms with Crippen LogP contribution in [0.1, 0.15) is 13.3 Å². The maximum atomic E-state index is 11.4. The molecule has 0 saturated carbocycles. The van der Waals surface area contributed by atoms with Crippen LogP contribution in [-0.4, -0.2) is 48.5 Å². The number of rotatable bonds is 4. The summed E-state index contributed by atoms with van der Waals surface area (Å²) in [5, 5.41) is 3.28. The van der Waals surface area contributed by atoms with Crippen LogP contribution in [0.2, 0.25) is 0 Å². The van der Waals surface area contributed by atoms with Crippen molar-refractivity contribution < 1.29 is 4.79 Å². The van der Waals surface area contributed by atoms with Crippen LogP contribution in [0.5, 0.6) is 0 Å². The van der Waals surface area contributed by atoms with Gasteiger partial charge in [0, 0.05) is 25.4 Å². The summed E-state index contributed by atoms with van der Waals surface area (Å²) < 4.78 is 0. The van der Waals surface area contributed by atoms with E-state index in [2.05, 4.69) is 5.32 Å². The summed E-state index contributed by atoms with van der Waals surface area (Å²) in [6.45, 7) is 3.28. The van der Waals surface area contributed by atoms with Gasteiger partial charge in [0.15, 0.2) is 0 Å². The molecule has 1 rings (SSSR count). The largest absolute Gasteiger partial charge is 0.345 e. The lowest BCUT2D eigenvalue weighted by Gasteiger charge is -2.16. The minimum atomic E-state index is 0.194. The van der Waals surface area contributed by atoms with Crippen LogP contribution in [0, 0.1) is 0 Å². The average Bonchev–Trinajstić information content (AvgIpc) is 2.65. The minimum absolute atomic E-state index is 0.194. The Morgan fingerprint density at radius 1 is 1.69 bits per heavy atom. The maximum absolute atomic E-state index is 11.4. The molecule has 0 radical (unpaired) electrons. The molecule has 1 unspecified atom stereocenters. The Hall–Kier alpha value is -0.220. The highest BCUT2D eigenvalue weighted by Crippen LogP contribution is 2.16. The highest BCUT2D eigenvalue weighted by Gasteiger charge is 2.16. The molecule has 0 aromatic rings. The fourth-order valence-electron chi connectivity index (χ4n) is 1.24. The molecule has 1 aliphatic heterocycles. The molecule has 1 N–H and O–H groups in total. The zero-order valence-corrected chi connectivity index (χ0v) is 9.19. The van der Waals surface area contributed by atoms with Crippen molar-refractivity contribution in [2.24, 2.45) is 0 Å². The third-order valence-electron chi connectivity index (χ3n) is 2.37. The molecule has 1 fully saturated rings. The smallest absolute Gasteiger partial charge is 0.236 e. The molecule has 13 heavy (non-hydrogen) atoms. The van der Waals surface area contributed by atoms with Crippen LogP contribution in [0.4, 0.5) is 0 Å². The summed E-state index contributed by atoms with van der Waals surface area (Å²) in [5.74, 6) is 2.58. The lowest BCUT2D eigenvalue weighted by atomic mass is 10.2. The fourth-order valence-corrected chi connectivity index (χ4v) is 2.43. The second-order valence-corrected chi connectivity index (χ2v) is 4.50. The minimum Gasteiger partial charge on any atom is -0.345 e. The predicted molar refractivity (Wildman–Crippen MR) is 57.0 cm³/mol. The van der Waals surface area contributed by atoms with Gasteiger partial charge in [-0.05, 0) is 19.1 Å². The van der Waals surface area contributed by atoms with E-state index in [0.29, 0.717) is 12.6 Å². The molecule has 0 aromatic heterocycles. The normalized spacial score (nSPS) is 21.8. The van der Waals surface area contributed by atoms with Gasteiger partial charge in [0.05, 0.1) is 6.54 Å². The van der Waals surface area contributed by atoms with Crippen molar-refractivity contribution in [2.75, 3.05) is 31.6 Å².